The fourth-order valence-electron chi connectivity index (χ4n) is 5.35. The quantitative estimate of drug-likeness (QED) is 0.0731. The Bertz CT molecular complexity index is 1940. The SMILES string of the molecule is CC1(C)CC(NP(OCC2CC(F)(F)C(n3ccc(NC(=O)OCc4ccccc4)nc3=O)O2)Oc2ccccc2)C(=O)O1.O=C(O)OCc1ccccc1. The summed E-state index contributed by atoms with van der Waals surface area (Å²) in [5.41, 5.74) is -0.128. The predicted octanol–water partition coefficient (Wildman–Crippen LogP) is 6.80. The molecule has 18 heteroatoms. The van der Waals surface area contributed by atoms with Gasteiger partial charge in [0.1, 0.15) is 36.4 Å². The molecule has 0 saturated carbocycles. The number of halogens is 2. The molecule has 1 aromatic heterocycles. The first-order chi connectivity index (χ1) is 26.3. The number of carboxylic acid groups (broad SMARTS) is 1. The number of hydrogen-bond donors (Lipinski definition) is 3. The Kier molecular flexibility index (Phi) is 13.8. The van der Waals surface area contributed by atoms with E-state index < -0.39 is 68.8 Å². The second-order valence-electron chi connectivity index (χ2n) is 12.8. The van der Waals surface area contributed by atoms with Crippen LogP contribution in [0.5, 0.6) is 5.75 Å². The molecule has 2 aliphatic rings. The Morgan fingerprint density at radius 3 is 2.07 bits per heavy atom. The average molecular weight is 785 g/mol. The highest BCUT2D eigenvalue weighted by molar-refractivity contribution is 7.45. The van der Waals surface area contributed by atoms with Gasteiger partial charge in [-0.05, 0) is 43.2 Å². The minimum atomic E-state index is -3.45. The van der Waals surface area contributed by atoms with Crippen LogP contribution < -0.4 is 20.6 Å². The fourth-order valence-corrected chi connectivity index (χ4v) is 6.59. The molecule has 6 rings (SSSR count). The van der Waals surface area contributed by atoms with Crippen molar-refractivity contribution in [3.8, 4) is 5.75 Å². The van der Waals surface area contributed by atoms with Gasteiger partial charge in [-0.2, -0.15) is 4.98 Å². The van der Waals surface area contributed by atoms with Crippen molar-refractivity contribution >= 4 is 32.6 Å². The van der Waals surface area contributed by atoms with Gasteiger partial charge >= 0.3 is 32.4 Å². The molecule has 0 spiro atoms. The number of esters is 1. The molecule has 3 heterocycles. The lowest BCUT2D eigenvalue weighted by Gasteiger charge is -2.22. The predicted molar refractivity (Wildman–Crippen MR) is 193 cm³/mol. The number of nitrogens with zero attached hydrogens (tertiary/aromatic N) is 2. The van der Waals surface area contributed by atoms with Gasteiger partial charge in [-0.3, -0.25) is 14.7 Å². The van der Waals surface area contributed by atoms with Crippen molar-refractivity contribution in [2.45, 2.75) is 69.8 Å². The zero-order valence-electron chi connectivity index (χ0n) is 29.7. The van der Waals surface area contributed by atoms with Gasteiger partial charge in [-0.1, -0.05) is 78.9 Å². The van der Waals surface area contributed by atoms with Crippen LogP contribution in [0, 0.1) is 0 Å². The van der Waals surface area contributed by atoms with E-state index in [-0.39, 0.29) is 25.6 Å². The van der Waals surface area contributed by atoms with E-state index in [0.717, 1.165) is 17.3 Å². The topological polar surface area (TPSA) is 186 Å². The number of benzene rings is 3. The van der Waals surface area contributed by atoms with Crippen molar-refractivity contribution in [3.05, 3.63) is 125 Å². The summed E-state index contributed by atoms with van der Waals surface area (Å²) in [5, 5.41) is 13.5. The summed E-state index contributed by atoms with van der Waals surface area (Å²) in [5.74, 6) is -3.64. The van der Waals surface area contributed by atoms with Crippen LogP contribution in [-0.4, -0.2) is 63.2 Å². The first-order valence-electron chi connectivity index (χ1n) is 16.9. The second kappa shape index (κ2) is 18.7. The molecule has 55 heavy (non-hydrogen) atoms. The van der Waals surface area contributed by atoms with Crippen LogP contribution in [0.1, 0.15) is 44.0 Å². The van der Waals surface area contributed by atoms with E-state index in [1.54, 1.807) is 68.4 Å². The molecule has 3 N–H and O–H groups in total. The number of alkyl halides is 2. The lowest BCUT2D eigenvalue weighted by atomic mass is 10.0. The Balaban J connectivity index is 0.000000454. The van der Waals surface area contributed by atoms with Gasteiger partial charge in [0, 0.05) is 19.0 Å². The first-order valence-corrected chi connectivity index (χ1v) is 18.1. The van der Waals surface area contributed by atoms with Crippen molar-refractivity contribution in [2.24, 2.45) is 0 Å². The fraction of sp³-hybridized carbons (Fsp3) is 0.324. The zero-order chi connectivity index (χ0) is 39.4. The molecule has 4 unspecified atom stereocenters. The number of ether oxygens (including phenoxy) is 4. The highest BCUT2D eigenvalue weighted by atomic mass is 31.2. The summed E-state index contributed by atoms with van der Waals surface area (Å²) in [6, 6.07) is 27.2. The van der Waals surface area contributed by atoms with E-state index in [1.807, 2.05) is 36.4 Å². The molecule has 4 atom stereocenters. The minimum Gasteiger partial charge on any atom is -0.458 e. The van der Waals surface area contributed by atoms with Crippen molar-refractivity contribution in [1.29, 1.82) is 0 Å². The number of carbonyl (C=O) groups excluding carboxylic acids is 2. The summed E-state index contributed by atoms with van der Waals surface area (Å²) < 4.78 is 62.9. The van der Waals surface area contributed by atoms with Crippen molar-refractivity contribution in [1.82, 2.24) is 14.6 Å². The van der Waals surface area contributed by atoms with Crippen LogP contribution >= 0.6 is 8.53 Å². The lowest BCUT2D eigenvalue weighted by molar-refractivity contribution is -0.147. The minimum absolute atomic E-state index is 0.00778. The van der Waals surface area contributed by atoms with E-state index in [4.69, 9.17) is 28.4 Å². The summed E-state index contributed by atoms with van der Waals surface area (Å²) in [7, 11) is -1.98. The summed E-state index contributed by atoms with van der Waals surface area (Å²) in [6.45, 7) is 3.35. The molecule has 0 radical (unpaired) electrons. The van der Waals surface area contributed by atoms with E-state index in [2.05, 4.69) is 20.1 Å². The Morgan fingerprint density at radius 2 is 1.51 bits per heavy atom. The smallest absolute Gasteiger partial charge is 0.458 e. The number of hydrogen-bond acceptors (Lipinski definition) is 12. The second-order valence-corrected chi connectivity index (χ2v) is 14.0. The molecule has 0 aliphatic carbocycles. The lowest BCUT2D eigenvalue weighted by Crippen LogP contribution is -2.35. The zero-order valence-corrected chi connectivity index (χ0v) is 30.6. The number of nitrogens with one attached hydrogen (secondary N) is 2. The maximum Gasteiger partial charge on any atom is 0.506 e. The standard InChI is InChI=1S/C29H31F2N4O8P.C8H8O3/c1-28(2)16-22(24(36)42-28)34-44(43-20-11-7-4-8-12-20)40-18-21-15-29(30,31)25(41-21)35-14-13-23(32-26(35)37)33-27(38)39-17-19-9-5-3-6-10-19;9-8(10)11-6-7-4-2-1-3-5-7/h3-14,21-22,25,34H,15-18H2,1-2H3,(H,32,33,37,38);1-5H,6H2,(H,9,10). The Hall–Kier alpha value is -5.48. The average Bonchev–Trinajstić information content (AvgIpc) is 3.61. The van der Waals surface area contributed by atoms with Crippen LogP contribution in [0.25, 0.3) is 0 Å². The van der Waals surface area contributed by atoms with Gasteiger partial charge in [-0.25, -0.2) is 28.3 Å². The third-order valence-corrected chi connectivity index (χ3v) is 9.12. The molecule has 2 fully saturated rings. The third-order valence-electron chi connectivity index (χ3n) is 7.84. The van der Waals surface area contributed by atoms with E-state index in [9.17, 15) is 19.2 Å². The van der Waals surface area contributed by atoms with Gasteiger partial charge in [-0.15, -0.1) is 0 Å². The number of rotatable bonds is 13. The van der Waals surface area contributed by atoms with E-state index in [1.165, 1.54) is 6.07 Å². The van der Waals surface area contributed by atoms with Crippen LogP contribution in [-0.2, 0) is 41.5 Å². The first kappa shape index (κ1) is 40.7. The number of carbonyl (C=O) groups is 3. The van der Waals surface area contributed by atoms with Gasteiger partial charge in [0.05, 0.1) is 12.7 Å². The number of aromatic nitrogens is 2. The van der Waals surface area contributed by atoms with Crippen LogP contribution in [0.4, 0.5) is 24.2 Å². The molecule has 292 valence electrons. The van der Waals surface area contributed by atoms with E-state index in [0.29, 0.717) is 16.7 Å². The Labute approximate surface area is 315 Å². The molecule has 2 saturated heterocycles. The number of anilines is 1. The molecular weight excluding hydrogens is 745 g/mol. The van der Waals surface area contributed by atoms with Crippen LogP contribution in [0.2, 0.25) is 0 Å². The van der Waals surface area contributed by atoms with Crippen molar-refractivity contribution in [3.63, 3.8) is 0 Å². The van der Waals surface area contributed by atoms with Gasteiger partial charge in [0.25, 0.3) is 5.92 Å². The molecule has 1 amide bonds. The van der Waals surface area contributed by atoms with Crippen LogP contribution in [0.15, 0.2) is 108 Å². The van der Waals surface area contributed by atoms with Gasteiger partial charge < -0.3 is 33.1 Å². The highest BCUT2D eigenvalue weighted by Gasteiger charge is 2.52. The van der Waals surface area contributed by atoms with Gasteiger partial charge in [0.15, 0.2) is 0 Å². The number of para-hydroxylation sites is 1. The van der Waals surface area contributed by atoms with Crippen LogP contribution in [0.3, 0.4) is 0 Å². The normalized spacial score (nSPS) is 19.9. The molecule has 2 aliphatic heterocycles. The summed E-state index contributed by atoms with van der Waals surface area (Å²) >= 11 is 0. The molecule has 4 aromatic rings. The van der Waals surface area contributed by atoms with E-state index >= 15 is 8.78 Å². The largest absolute Gasteiger partial charge is 0.506 e. The third kappa shape index (κ3) is 12.5. The molecule has 3 aromatic carbocycles. The highest BCUT2D eigenvalue weighted by Crippen LogP contribution is 2.44. The van der Waals surface area contributed by atoms with Gasteiger partial charge in [0.2, 0.25) is 6.23 Å². The monoisotopic (exact) mass is 784 g/mol. The number of cyclic esters (lactones) is 1. The van der Waals surface area contributed by atoms with Crippen molar-refractivity contribution in [2.75, 3.05) is 11.9 Å². The molecule has 0 bridgehead atoms. The van der Waals surface area contributed by atoms with Crippen molar-refractivity contribution < 1.29 is 56.3 Å². The molecule has 15 nitrogen and oxygen atoms in total. The summed E-state index contributed by atoms with van der Waals surface area (Å²) in [6.07, 6.45) is -4.52. The Morgan fingerprint density at radius 1 is 0.909 bits per heavy atom. The maximum atomic E-state index is 15.1. The number of amides is 1. The maximum absolute atomic E-state index is 15.1. The molecular formula is C37H39F2N4O11P. The summed E-state index contributed by atoms with van der Waals surface area (Å²) in [4.78, 5) is 50.8.